The lowest BCUT2D eigenvalue weighted by atomic mass is 10.1. The summed E-state index contributed by atoms with van der Waals surface area (Å²) in [6.45, 7) is 3.93. The third-order valence-corrected chi connectivity index (χ3v) is 3.37. The molecule has 2 atom stereocenters. The molecular formula is C13H20N2O. The van der Waals surface area contributed by atoms with Gasteiger partial charge < -0.3 is 5.11 Å². The minimum absolute atomic E-state index is 0.192. The first-order valence-corrected chi connectivity index (χ1v) is 6.13. The molecule has 2 heterocycles. The molecule has 1 N–H and O–H groups in total. The number of likely N-dealkylation sites (tertiary alicyclic amines) is 1. The van der Waals surface area contributed by atoms with Gasteiger partial charge in [-0.2, -0.15) is 0 Å². The summed E-state index contributed by atoms with van der Waals surface area (Å²) in [6.07, 6.45) is 6.76. The van der Waals surface area contributed by atoms with Crippen molar-refractivity contribution in [2.24, 2.45) is 0 Å². The third-order valence-electron chi connectivity index (χ3n) is 3.37. The molecule has 1 aromatic heterocycles. The standard InChI is InChI=1S/C13H20N2O/c1-2-12(16)10-15-9-3-4-13(15)11-5-7-14-8-6-11/h5-8,12-13,16H,2-4,9-10H2,1H3. The monoisotopic (exact) mass is 220 g/mol. The van der Waals surface area contributed by atoms with E-state index in [0.29, 0.717) is 6.04 Å². The molecule has 0 amide bonds. The first-order chi connectivity index (χ1) is 7.81. The van der Waals surface area contributed by atoms with Crippen molar-refractivity contribution in [1.29, 1.82) is 0 Å². The largest absolute Gasteiger partial charge is 0.392 e. The van der Waals surface area contributed by atoms with Gasteiger partial charge in [-0.3, -0.25) is 9.88 Å². The van der Waals surface area contributed by atoms with Crippen LogP contribution in [0.2, 0.25) is 0 Å². The molecule has 1 aliphatic rings. The molecule has 0 saturated carbocycles. The molecule has 1 saturated heterocycles. The molecular weight excluding hydrogens is 200 g/mol. The highest BCUT2D eigenvalue weighted by Gasteiger charge is 2.26. The van der Waals surface area contributed by atoms with Gasteiger partial charge in [-0.25, -0.2) is 0 Å². The Bertz CT molecular complexity index is 315. The second-order valence-electron chi connectivity index (χ2n) is 4.50. The van der Waals surface area contributed by atoms with Gasteiger partial charge in [-0.1, -0.05) is 6.92 Å². The molecule has 0 aliphatic carbocycles. The Balaban J connectivity index is 2.04. The Kier molecular flexibility index (Phi) is 3.91. The van der Waals surface area contributed by atoms with E-state index in [1.165, 1.54) is 18.4 Å². The molecule has 1 fully saturated rings. The summed E-state index contributed by atoms with van der Waals surface area (Å²) in [6, 6.07) is 4.65. The van der Waals surface area contributed by atoms with Crippen molar-refractivity contribution in [3.63, 3.8) is 0 Å². The molecule has 3 heteroatoms. The second kappa shape index (κ2) is 5.41. The first kappa shape index (κ1) is 11.6. The third kappa shape index (κ3) is 2.60. The van der Waals surface area contributed by atoms with Gasteiger partial charge in [0.15, 0.2) is 0 Å². The number of hydrogen-bond acceptors (Lipinski definition) is 3. The lowest BCUT2D eigenvalue weighted by molar-refractivity contribution is 0.103. The fourth-order valence-electron chi connectivity index (χ4n) is 2.41. The van der Waals surface area contributed by atoms with Crippen LogP contribution in [0.25, 0.3) is 0 Å². The van der Waals surface area contributed by atoms with E-state index in [0.717, 1.165) is 19.5 Å². The Morgan fingerprint density at radius 2 is 2.25 bits per heavy atom. The van der Waals surface area contributed by atoms with Crippen LogP contribution in [-0.4, -0.2) is 34.2 Å². The fraction of sp³-hybridized carbons (Fsp3) is 0.615. The highest BCUT2D eigenvalue weighted by Crippen LogP contribution is 2.31. The number of aromatic nitrogens is 1. The van der Waals surface area contributed by atoms with E-state index in [4.69, 9.17) is 0 Å². The van der Waals surface area contributed by atoms with E-state index < -0.39 is 0 Å². The van der Waals surface area contributed by atoms with Gasteiger partial charge in [0.2, 0.25) is 0 Å². The molecule has 16 heavy (non-hydrogen) atoms. The molecule has 88 valence electrons. The van der Waals surface area contributed by atoms with Crippen LogP contribution in [0, 0.1) is 0 Å². The minimum atomic E-state index is -0.192. The zero-order valence-corrected chi connectivity index (χ0v) is 9.84. The van der Waals surface area contributed by atoms with Crippen LogP contribution in [-0.2, 0) is 0 Å². The molecule has 0 spiro atoms. The molecule has 2 unspecified atom stereocenters. The second-order valence-corrected chi connectivity index (χ2v) is 4.50. The van der Waals surface area contributed by atoms with Gasteiger partial charge in [-0.05, 0) is 43.5 Å². The van der Waals surface area contributed by atoms with Crippen molar-refractivity contribution in [3.05, 3.63) is 30.1 Å². The quantitative estimate of drug-likeness (QED) is 0.843. The number of pyridine rings is 1. The number of aliphatic hydroxyl groups is 1. The van der Waals surface area contributed by atoms with Crippen LogP contribution in [0.1, 0.15) is 37.8 Å². The highest BCUT2D eigenvalue weighted by atomic mass is 16.3. The van der Waals surface area contributed by atoms with Gasteiger partial charge in [0.1, 0.15) is 0 Å². The van der Waals surface area contributed by atoms with Gasteiger partial charge in [0.05, 0.1) is 6.10 Å². The molecule has 3 nitrogen and oxygen atoms in total. The summed E-state index contributed by atoms with van der Waals surface area (Å²) >= 11 is 0. The van der Waals surface area contributed by atoms with Crippen LogP contribution < -0.4 is 0 Å². The molecule has 0 radical (unpaired) electrons. The maximum atomic E-state index is 9.73. The predicted molar refractivity (Wildman–Crippen MR) is 64.1 cm³/mol. The van der Waals surface area contributed by atoms with Gasteiger partial charge in [0.25, 0.3) is 0 Å². The number of aliphatic hydroxyl groups excluding tert-OH is 1. The van der Waals surface area contributed by atoms with Crippen LogP contribution in [0.4, 0.5) is 0 Å². The van der Waals surface area contributed by atoms with Crippen molar-refractivity contribution in [2.45, 2.75) is 38.3 Å². The fourth-order valence-corrected chi connectivity index (χ4v) is 2.41. The van der Waals surface area contributed by atoms with Crippen molar-refractivity contribution in [2.75, 3.05) is 13.1 Å². The topological polar surface area (TPSA) is 36.4 Å². The van der Waals surface area contributed by atoms with Crippen molar-refractivity contribution < 1.29 is 5.11 Å². The Labute approximate surface area is 97.1 Å². The summed E-state index contributed by atoms with van der Waals surface area (Å²) in [7, 11) is 0. The predicted octanol–water partition coefficient (Wildman–Crippen LogP) is 1.99. The van der Waals surface area contributed by atoms with Crippen LogP contribution in [0.15, 0.2) is 24.5 Å². The Morgan fingerprint density at radius 1 is 1.50 bits per heavy atom. The van der Waals surface area contributed by atoms with Crippen molar-refractivity contribution in [3.8, 4) is 0 Å². The molecule has 2 rings (SSSR count). The smallest absolute Gasteiger partial charge is 0.0664 e. The van der Waals surface area contributed by atoms with Gasteiger partial charge >= 0.3 is 0 Å². The zero-order valence-electron chi connectivity index (χ0n) is 9.84. The van der Waals surface area contributed by atoms with E-state index in [1.807, 2.05) is 19.3 Å². The molecule has 0 aromatic carbocycles. The molecule has 1 aliphatic heterocycles. The maximum absolute atomic E-state index is 9.73. The Morgan fingerprint density at radius 3 is 2.94 bits per heavy atom. The number of β-amino-alcohol motifs (C(OH)–C–C–N with tert-alkyl or cyclic N) is 1. The lowest BCUT2D eigenvalue weighted by Crippen LogP contribution is -2.31. The summed E-state index contributed by atoms with van der Waals surface area (Å²) in [4.78, 5) is 6.44. The van der Waals surface area contributed by atoms with Gasteiger partial charge in [0, 0.05) is 25.0 Å². The summed E-state index contributed by atoms with van der Waals surface area (Å²) in [5, 5.41) is 9.73. The van der Waals surface area contributed by atoms with Gasteiger partial charge in [-0.15, -0.1) is 0 Å². The van der Waals surface area contributed by atoms with E-state index in [1.54, 1.807) is 0 Å². The summed E-state index contributed by atoms with van der Waals surface area (Å²) in [5.74, 6) is 0. The van der Waals surface area contributed by atoms with Crippen LogP contribution in [0.5, 0.6) is 0 Å². The van der Waals surface area contributed by atoms with Crippen molar-refractivity contribution >= 4 is 0 Å². The Hall–Kier alpha value is -0.930. The van der Waals surface area contributed by atoms with Crippen molar-refractivity contribution in [1.82, 2.24) is 9.88 Å². The normalized spacial score (nSPS) is 23.5. The number of hydrogen-bond donors (Lipinski definition) is 1. The SMILES string of the molecule is CCC(O)CN1CCCC1c1ccncc1. The van der Waals surface area contributed by atoms with Crippen LogP contribution in [0.3, 0.4) is 0 Å². The average Bonchev–Trinajstić information content (AvgIpc) is 2.78. The van der Waals surface area contributed by atoms with Crippen LogP contribution >= 0.6 is 0 Å². The first-order valence-electron chi connectivity index (χ1n) is 6.13. The summed E-state index contributed by atoms with van der Waals surface area (Å²) < 4.78 is 0. The average molecular weight is 220 g/mol. The minimum Gasteiger partial charge on any atom is -0.392 e. The number of rotatable bonds is 4. The molecule has 1 aromatic rings. The lowest BCUT2D eigenvalue weighted by Gasteiger charge is -2.26. The van der Waals surface area contributed by atoms with E-state index in [-0.39, 0.29) is 6.10 Å². The van der Waals surface area contributed by atoms with E-state index in [9.17, 15) is 5.11 Å². The maximum Gasteiger partial charge on any atom is 0.0664 e. The highest BCUT2D eigenvalue weighted by molar-refractivity contribution is 5.16. The van der Waals surface area contributed by atoms with E-state index >= 15 is 0 Å². The number of nitrogens with zero attached hydrogens (tertiary/aromatic N) is 2. The van der Waals surface area contributed by atoms with E-state index in [2.05, 4.69) is 22.0 Å². The summed E-state index contributed by atoms with van der Waals surface area (Å²) in [5.41, 5.74) is 1.33. The zero-order chi connectivity index (χ0) is 11.4. The molecule has 0 bridgehead atoms.